The summed E-state index contributed by atoms with van der Waals surface area (Å²) >= 11 is 11.7. The van der Waals surface area contributed by atoms with E-state index in [0.29, 0.717) is 5.02 Å². The first-order valence-electron chi connectivity index (χ1n) is 7.81. The summed E-state index contributed by atoms with van der Waals surface area (Å²) in [4.78, 5) is 23.9. The summed E-state index contributed by atoms with van der Waals surface area (Å²) < 4.78 is 30.5. The molecule has 150 valence electrons. The van der Waals surface area contributed by atoms with Gasteiger partial charge in [0.25, 0.3) is 11.8 Å². The molecule has 2 aromatic rings. The number of ether oxygens (including phenoxy) is 1. The van der Waals surface area contributed by atoms with Gasteiger partial charge in [0.1, 0.15) is 5.75 Å². The van der Waals surface area contributed by atoms with Crippen molar-refractivity contribution in [3.63, 3.8) is 0 Å². The third-order valence-electron chi connectivity index (χ3n) is 3.44. The zero-order chi connectivity index (χ0) is 20.9. The van der Waals surface area contributed by atoms with Crippen LogP contribution in [-0.2, 0) is 14.8 Å². The van der Waals surface area contributed by atoms with Gasteiger partial charge in [0.15, 0.2) is 6.61 Å². The van der Waals surface area contributed by atoms with Crippen LogP contribution in [-0.4, -0.2) is 45.2 Å². The fourth-order valence-corrected chi connectivity index (χ4v) is 3.26. The van der Waals surface area contributed by atoms with Crippen molar-refractivity contribution in [2.75, 3.05) is 20.7 Å². The smallest absolute Gasteiger partial charge is 0.276 e. The van der Waals surface area contributed by atoms with Gasteiger partial charge in [-0.15, -0.1) is 0 Å². The summed E-state index contributed by atoms with van der Waals surface area (Å²) in [6.45, 7) is -0.421. The SMILES string of the molecule is CN(C)S(=O)(=O)c1cccc(C(=O)NNC(=O)COc2cc(Cl)ccc2Cl)c1. The van der Waals surface area contributed by atoms with Gasteiger partial charge in [-0.25, -0.2) is 12.7 Å². The van der Waals surface area contributed by atoms with Crippen molar-refractivity contribution >= 4 is 45.0 Å². The molecule has 0 saturated carbocycles. The van der Waals surface area contributed by atoms with E-state index in [1.165, 1.54) is 50.5 Å². The molecule has 0 fully saturated rings. The average Bonchev–Trinajstić information content (AvgIpc) is 2.66. The number of benzene rings is 2. The van der Waals surface area contributed by atoms with Gasteiger partial charge in [-0.3, -0.25) is 20.4 Å². The third kappa shape index (κ3) is 5.59. The van der Waals surface area contributed by atoms with Crippen LogP contribution in [0.15, 0.2) is 47.4 Å². The maximum Gasteiger partial charge on any atom is 0.276 e. The topological polar surface area (TPSA) is 105 Å². The first-order valence-corrected chi connectivity index (χ1v) is 10.0. The van der Waals surface area contributed by atoms with E-state index in [-0.39, 0.29) is 21.2 Å². The fourth-order valence-electron chi connectivity index (χ4n) is 1.97. The predicted octanol–water partition coefficient (Wildman–Crippen LogP) is 2.08. The van der Waals surface area contributed by atoms with E-state index in [1.54, 1.807) is 6.07 Å². The molecule has 0 saturated heterocycles. The van der Waals surface area contributed by atoms with Gasteiger partial charge in [0, 0.05) is 30.7 Å². The third-order valence-corrected chi connectivity index (χ3v) is 5.80. The highest BCUT2D eigenvalue weighted by molar-refractivity contribution is 7.89. The molecule has 0 aliphatic carbocycles. The van der Waals surface area contributed by atoms with Crippen molar-refractivity contribution in [1.29, 1.82) is 0 Å². The van der Waals surface area contributed by atoms with Crippen molar-refractivity contribution in [2.24, 2.45) is 0 Å². The van der Waals surface area contributed by atoms with Crippen LogP contribution < -0.4 is 15.6 Å². The van der Waals surface area contributed by atoms with Crippen LogP contribution in [0.3, 0.4) is 0 Å². The van der Waals surface area contributed by atoms with Gasteiger partial charge in [-0.1, -0.05) is 29.3 Å². The second-order valence-corrected chi connectivity index (χ2v) is 8.68. The van der Waals surface area contributed by atoms with E-state index in [9.17, 15) is 18.0 Å². The quantitative estimate of drug-likeness (QED) is 0.662. The van der Waals surface area contributed by atoms with Gasteiger partial charge in [0.05, 0.1) is 9.92 Å². The Labute approximate surface area is 172 Å². The number of hydrogen-bond donors (Lipinski definition) is 2. The minimum Gasteiger partial charge on any atom is -0.482 e. The van der Waals surface area contributed by atoms with Crippen molar-refractivity contribution in [3.05, 3.63) is 58.1 Å². The van der Waals surface area contributed by atoms with E-state index >= 15 is 0 Å². The zero-order valence-corrected chi connectivity index (χ0v) is 17.2. The highest BCUT2D eigenvalue weighted by Gasteiger charge is 2.19. The summed E-state index contributed by atoms with van der Waals surface area (Å²) in [6.07, 6.45) is 0. The van der Waals surface area contributed by atoms with Crippen LogP contribution in [0.2, 0.25) is 10.0 Å². The molecule has 28 heavy (non-hydrogen) atoms. The number of hydrogen-bond acceptors (Lipinski definition) is 5. The van der Waals surface area contributed by atoms with Crippen molar-refractivity contribution < 1.29 is 22.7 Å². The summed E-state index contributed by atoms with van der Waals surface area (Å²) in [7, 11) is -0.922. The van der Waals surface area contributed by atoms with E-state index in [0.717, 1.165) is 4.31 Å². The standard InChI is InChI=1S/C17H17Cl2N3O5S/c1-22(2)28(25,26)13-5-3-4-11(8-13)17(24)21-20-16(23)10-27-15-9-12(18)6-7-14(15)19/h3-9H,10H2,1-2H3,(H,20,23)(H,21,24). The minimum atomic E-state index is -3.69. The van der Waals surface area contributed by atoms with Crippen LogP contribution >= 0.6 is 23.2 Å². The summed E-state index contributed by atoms with van der Waals surface area (Å²) in [6, 6.07) is 9.96. The van der Waals surface area contributed by atoms with E-state index in [4.69, 9.17) is 27.9 Å². The molecule has 11 heteroatoms. The maximum absolute atomic E-state index is 12.2. The Morgan fingerprint density at radius 3 is 2.46 bits per heavy atom. The molecule has 2 amide bonds. The number of carbonyl (C=O) groups excluding carboxylic acids is 2. The number of amides is 2. The van der Waals surface area contributed by atoms with Crippen LogP contribution in [0.5, 0.6) is 5.75 Å². The molecule has 0 spiro atoms. The average molecular weight is 446 g/mol. The molecule has 0 unspecified atom stereocenters. The molecule has 0 radical (unpaired) electrons. The lowest BCUT2D eigenvalue weighted by Crippen LogP contribution is -2.43. The zero-order valence-electron chi connectivity index (χ0n) is 14.9. The van der Waals surface area contributed by atoms with Gasteiger partial charge in [-0.2, -0.15) is 0 Å². The normalized spacial score (nSPS) is 11.2. The number of sulfonamides is 1. The molecule has 0 aromatic heterocycles. The molecule has 2 rings (SSSR count). The molecule has 0 heterocycles. The first-order chi connectivity index (χ1) is 13.1. The Hall–Kier alpha value is -2.33. The van der Waals surface area contributed by atoms with Crippen LogP contribution in [0.1, 0.15) is 10.4 Å². The van der Waals surface area contributed by atoms with Gasteiger partial charge in [0.2, 0.25) is 10.0 Å². The van der Waals surface area contributed by atoms with Gasteiger partial charge >= 0.3 is 0 Å². The largest absolute Gasteiger partial charge is 0.482 e. The number of nitrogens with zero attached hydrogens (tertiary/aromatic N) is 1. The summed E-state index contributed by atoms with van der Waals surface area (Å²) in [5.41, 5.74) is 4.41. The summed E-state index contributed by atoms with van der Waals surface area (Å²) in [5.74, 6) is -1.12. The Balaban J connectivity index is 1.95. The fraction of sp³-hybridized carbons (Fsp3) is 0.176. The monoisotopic (exact) mass is 445 g/mol. The van der Waals surface area contributed by atoms with Crippen LogP contribution in [0.25, 0.3) is 0 Å². The molecular weight excluding hydrogens is 429 g/mol. The number of rotatable bonds is 6. The Morgan fingerprint density at radius 1 is 1.07 bits per heavy atom. The van der Waals surface area contributed by atoms with E-state index < -0.39 is 28.4 Å². The van der Waals surface area contributed by atoms with Crippen LogP contribution in [0, 0.1) is 0 Å². The van der Waals surface area contributed by atoms with E-state index in [1.807, 2.05) is 0 Å². The predicted molar refractivity (Wildman–Crippen MR) is 105 cm³/mol. The van der Waals surface area contributed by atoms with Crippen molar-refractivity contribution in [2.45, 2.75) is 4.90 Å². The first kappa shape index (κ1) is 22.0. The summed E-state index contributed by atoms with van der Waals surface area (Å²) in [5, 5.41) is 0.667. The Morgan fingerprint density at radius 2 is 1.79 bits per heavy atom. The van der Waals surface area contributed by atoms with Crippen molar-refractivity contribution in [3.8, 4) is 5.75 Å². The second kappa shape index (κ2) is 9.24. The lowest BCUT2D eigenvalue weighted by atomic mass is 10.2. The lowest BCUT2D eigenvalue weighted by Gasteiger charge is -2.13. The molecule has 0 atom stereocenters. The number of halogens is 2. The van der Waals surface area contributed by atoms with E-state index in [2.05, 4.69) is 10.9 Å². The molecule has 0 aliphatic heterocycles. The van der Waals surface area contributed by atoms with Crippen LogP contribution in [0.4, 0.5) is 0 Å². The molecule has 8 nitrogen and oxygen atoms in total. The second-order valence-electron chi connectivity index (χ2n) is 5.68. The molecule has 0 bridgehead atoms. The highest BCUT2D eigenvalue weighted by Crippen LogP contribution is 2.27. The maximum atomic E-state index is 12.2. The molecule has 2 aromatic carbocycles. The Kier molecular flexibility index (Phi) is 7.25. The molecule has 2 N–H and O–H groups in total. The number of carbonyl (C=O) groups is 2. The molecular formula is C17H17Cl2N3O5S. The Bertz CT molecular complexity index is 996. The number of nitrogens with one attached hydrogen (secondary N) is 2. The minimum absolute atomic E-state index is 0.0459. The van der Waals surface area contributed by atoms with Gasteiger partial charge < -0.3 is 4.74 Å². The highest BCUT2D eigenvalue weighted by atomic mass is 35.5. The molecule has 0 aliphatic rings. The number of hydrazine groups is 1. The van der Waals surface area contributed by atoms with Gasteiger partial charge in [-0.05, 0) is 30.3 Å². The lowest BCUT2D eigenvalue weighted by molar-refractivity contribution is -0.123. The van der Waals surface area contributed by atoms with Crippen molar-refractivity contribution in [1.82, 2.24) is 15.2 Å².